The van der Waals surface area contributed by atoms with Gasteiger partial charge in [0.1, 0.15) is 6.04 Å². The van der Waals surface area contributed by atoms with Gasteiger partial charge in [0.2, 0.25) is 11.7 Å². The molecule has 2 heterocycles. The van der Waals surface area contributed by atoms with Gasteiger partial charge in [0.25, 0.3) is 0 Å². The highest BCUT2D eigenvalue weighted by atomic mass is 32.2. The maximum absolute atomic E-state index is 12.8. The lowest BCUT2D eigenvalue weighted by molar-refractivity contribution is -0.119. The first-order chi connectivity index (χ1) is 13.1. The molecule has 3 aromatic rings. The molecule has 0 spiro atoms. The Labute approximate surface area is 162 Å². The van der Waals surface area contributed by atoms with Gasteiger partial charge < -0.3 is 14.5 Å². The van der Waals surface area contributed by atoms with Gasteiger partial charge in [-0.2, -0.15) is 11.8 Å². The SMILES string of the molecule is CSCCC(C(=O)Nc1cccc(C(=O)c2nccn2C)c1)n1cccc1. The fraction of sp³-hybridized carbons (Fsp3) is 0.250. The van der Waals surface area contributed by atoms with Crippen molar-refractivity contribution in [2.75, 3.05) is 17.3 Å². The molecule has 1 atom stereocenters. The highest BCUT2D eigenvalue weighted by Crippen LogP contribution is 2.19. The van der Waals surface area contributed by atoms with Gasteiger partial charge in [-0.1, -0.05) is 12.1 Å². The summed E-state index contributed by atoms with van der Waals surface area (Å²) in [6, 6.07) is 10.5. The summed E-state index contributed by atoms with van der Waals surface area (Å²) in [6.07, 6.45) is 9.86. The normalized spacial score (nSPS) is 11.9. The topological polar surface area (TPSA) is 68.9 Å². The van der Waals surface area contributed by atoms with E-state index in [1.807, 2.05) is 35.3 Å². The van der Waals surface area contributed by atoms with E-state index < -0.39 is 0 Å². The lowest BCUT2D eigenvalue weighted by atomic mass is 10.1. The molecule has 0 saturated heterocycles. The second kappa shape index (κ2) is 8.73. The van der Waals surface area contributed by atoms with Gasteiger partial charge >= 0.3 is 0 Å². The van der Waals surface area contributed by atoms with Crippen LogP contribution in [0.4, 0.5) is 5.69 Å². The minimum absolute atomic E-state index is 0.0955. The van der Waals surface area contributed by atoms with E-state index in [0.717, 1.165) is 12.2 Å². The Bertz CT molecular complexity index is 918. The molecule has 1 N–H and O–H groups in total. The van der Waals surface area contributed by atoms with E-state index >= 15 is 0 Å². The number of nitrogens with one attached hydrogen (secondary N) is 1. The van der Waals surface area contributed by atoms with Crippen molar-refractivity contribution >= 4 is 29.1 Å². The third-order valence-electron chi connectivity index (χ3n) is 4.30. The van der Waals surface area contributed by atoms with Crippen LogP contribution in [-0.4, -0.2) is 37.8 Å². The summed E-state index contributed by atoms with van der Waals surface area (Å²) in [5.74, 6) is 0.974. The molecule has 3 rings (SSSR count). The molecule has 1 amide bonds. The van der Waals surface area contributed by atoms with E-state index in [0.29, 0.717) is 17.1 Å². The van der Waals surface area contributed by atoms with Gasteiger partial charge in [0.15, 0.2) is 5.82 Å². The van der Waals surface area contributed by atoms with Crippen molar-refractivity contribution in [3.63, 3.8) is 0 Å². The van der Waals surface area contributed by atoms with Crippen LogP contribution >= 0.6 is 11.8 Å². The molecule has 1 unspecified atom stereocenters. The van der Waals surface area contributed by atoms with Crippen LogP contribution < -0.4 is 5.32 Å². The number of amides is 1. The first-order valence-electron chi connectivity index (χ1n) is 8.64. The first-order valence-corrected chi connectivity index (χ1v) is 10.0. The average Bonchev–Trinajstić information content (AvgIpc) is 3.33. The van der Waals surface area contributed by atoms with Crippen LogP contribution in [0.3, 0.4) is 0 Å². The molecule has 140 valence electrons. The Balaban J connectivity index is 1.77. The highest BCUT2D eigenvalue weighted by Gasteiger charge is 2.20. The minimum Gasteiger partial charge on any atom is -0.342 e. The fourth-order valence-corrected chi connectivity index (χ4v) is 3.34. The molecule has 7 heteroatoms. The Kier molecular flexibility index (Phi) is 6.13. The van der Waals surface area contributed by atoms with Crippen LogP contribution in [0.5, 0.6) is 0 Å². The van der Waals surface area contributed by atoms with E-state index in [9.17, 15) is 9.59 Å². The van der Waals surface area contributed by atoms with Crippen LogP contribution in [0, 0.1) is 0 Å². The summed E-state index contributed by atoms with van der Waals surface area (Å²) in [5, 5.41) is 2.95. The van der Waals surface area contributed by atoms with E-state index in [1.165, 1.54) is 0 Å². The number of thioether (sulfide) groups is 1. The molecule has 2 aromatic heterocycles. The quantitative estimate of drug-likeness (QED) is 0.607. The summed E-state index contributed by atoms with van der Waals surface area (Å²) >= 11 is 1.71. The molecular weight excluding hydrogens is 360 g/mol. The van der Waals surface area contributed by atoms with Crippen molar-refractivity contribution in [1.29, 1.82) is 0 Å². The monoisotopic (exact) mass is 382 g/mol. The minimum atomic E-state index is -0.290. The van der Waals surface area contributed by atoms with Crippen molar-refractivity contribution in [3.8, 4) is 0 Å². The third kappa shape index (κ3) is 4.49. The molecule has 0 bridgehead atoms. The Morgan fingerprint density at radius 3 is 2.63 bits per heavy atom. The second-order valence-corrected chi connectivity index (χ2v) is 7.17. The van der Waals surface area contributed by atoms with Gasteiger partial charge in [0.05, 0.1) is 0 Å². The molecule has 0 radical (unpaired) electrons. The first kappa shape index (κ1) is 19.0. The number of anilines is 1. The van der Waals surface area contributed by atoms with Crippen molar-refractivity contribution in [2.24, 2.45) is 7.05 Å². The van der Waals surface area contributed by atoms with Crippen molar-refractivity contribution in [2.45, 2.75) is 12.5 Å². The number of aromatic nitrogens is 3. The van der Waals surface area contributed by atoms with Gasteiger partial charge in [0, 0.05) is 43.1 Å². The third-order valence-corrected chi connectivity index (χ3v) is 4.95. The van der Waals surface area contributed by atoms with Gasteiger partial charge in [-0.05, 0) is 42.7 Å². The number of ketones is 1. The van der Waals surface area contributed by atoms with Crippen LogP contribution in [0.25, 0.3) is 0 Å². The second-order valence-electron chi connectivity index (χ2n) is 6.19. The Morgan fingerprint density at radius 2 is 1.96 bits per heavy atom. The van der Waals surface area contributed by atoms with Crippen LogP contribution in [0.2, 0.25) is 0 Å². The average molecular weight is 382 g/mol. The lowest BCUT2D eigenvalue weighted by Crippen LogP contribution is -2.26. The number of carbonyl (C=O) groups excluding carboxylic acids is 2. The molecule has 0 fully saturated rings. The van der Waals surface area contributed by atoms with Crippen molar-refractivity contribution < 1.29 is 9.59 Å². The largest absolute Gasteiger partial charge is 0.342 e. The lowest BCUT2D eigenvalue weighted by Gasteiger charge is -2.18. The number of hydrogen-bond donors (Lipinski definition) is 1. The van der Waals surface area contributed by atoms with Crippen LogP contribution in [0.15, 0.2) is 61.2 Å². The molecular formula is C20H22N4O2S. The van der Waals surface area contributed by atoms with Crippen molar-refractivity contribution in [3.05, 3.63) is 72.6 Å². The molecule has 0 saturated carbocycles. The standard InChI is InChI=1S/C20H22N4O2S/c1-23-12-9-21-19(23)18(25)15-6-5-7-16(14-15)22-20(26)17(8-13-27-2)24-10-3-4-11-24/h3-7,9-12,14,17H,8,13H2,1-2H3,(H,22,26). The van der Waals surface area contributed by atoms with Gasteiger partial charge in [-0.3, -0.25) is 9.59 Å². The number of benzene rings is 1. The molecule has 0 aliphatic rings. The number of hydrogen-bond acceptors (Lipinski definition) is 4. The summed E-state index contributed by atoms with van der Waals surface area (Å²) in [5.41, 5.74) is 1.09. The highest BCUT2D eigenvalue weighted by molar-refractivity contribution is 7.98. The maximum Gasteiger partial charge on any atom is 0.247 e. The smallest absolute Gasteiger partial charge is 0.247 e. The summed E-state index contributed by atoms with van der Waals surface area (Å²) in [7, 11) is 1.78. The summed E-state index contributed by atoms with van der Waals surface area (Å²) in [4.78, 5) is 29.6. The Morgan fingerprint density at radius 1 is 1.19 bits per heavy atom. The number of rotatable bonds is 8. The number of nitrogens with zero attached hydrogens (tertiary/aromatic N) is 3. The van der Waals surface area contributed by atoms with Crippen molar-refractivity contribution in [1.82, 2.24) is 14.1 Å². The van der Waals surface area contributed by atoms with E-state index in [2.05, 4.69) is 10.3 Å². The molecule has 0 aliphatic carbocycles. The number of imidazole rings is 1. The molecule has 6 nitrogen and oxygen atoms in total. The zero-order chi connectivity index (χ0) is 19.2. The van der Waals surface area contributed by atoms with Crippen LogP contribution in [-0.2, 0) is 11.8 Å². The maximum atomic E-state index is 12.8. The van der Waals surface area contributed by atoms with Gasteiger partial charge in [-0.15, -0.1) is 0 Å². The van der Waals surface area contributed by atoms with E-state index in [1.54, 1.807) is 60.0 Å². The van der Waals surface area contributed by atoms with Crippen LogP contribution in [0.1, 0.15) is 28.6 Å². The predicted octanol–water partition coefficient (Wildman–Crippen LogP) is 3.39. The zero-order valence-corrected chi connectivity index (χ0v) is 16.1. The molecule has 0 aliphatic heterocycles. The molecule has 1 aromatic carbocycles. The number of aryl methyl sites for hydroxylation is 1. The Hall–Kier alpha value is -2.80. The predicted molar refractivity (Wildman–Crippen MR) is 108 cm³/mol. The van der Waals surface area contributed by atoms with Gasteiger partial charge in [-0.25, -0.2) is 4.98 Å². The summed E-state index contributed by atoms with van der Waals surface area (Å²) in [6.45, 7) is 0. The zero-order valence-electron chi connectivity index (χ0n) is 15.3. The summed E-state index contributed by atoms with van der Waals surface area (Å²) < 4.78 is 3.59. The van der Waals surface area contributed by atoms with E-state index in [4.69, 9.17) is 0 Å². The number of carbonyl (C=O) groups is 2. The molecule has 27 heavy (non-hydrogen) atoms. The van der Waals surface area contributed by atoms with E-state index in [-0.39, 0.29) is 17.7 Å². The fourth-order valence-electron chi connectivity index (χ4n) is 2.88.